The zero-order valence-electron chi connectivity index (χ0n) is 12.6. The summed E-state index contributed by atoms with van der Waals surface area (Å²) in [6, 6.07) is 9.80. The van der Waals surface area contributed by atoms with E-state index >= 15 is 0 Å². The first-order valence-electron chi connectivity index (χ1n) is 7.28. The fourth-order valence-corrected chi connectivity index (χ4v) is 2.64. The van der Waals surface area contributed by atoms with E-state index in [9.17, 15) is 0 Å². The van der Waals surface area contributed by atoms with Gasteiger partial charge in [-0.1, -0.05) is 28.6 Å². The Morgan fingerprint density at radius 1 is 1.22 bits per heavy atom. The Kier molecular flexibility index (Phi) is 3.91. The second-order valence-electron chi connectivity index (χ2n) is 5.70. The molecule has 1 aromatic carbocycles. The molecular weight excluding hydrogens is 316 g/mol. The third-order valence-electron chi connectivity index (χ3n) is 4.22. The highest BCUT2D eigenvalue weighted by Gasteiger charge is 2.39. The van der Waals surface area contributed by atoms with Crippen molar-refractivity contribution < 1.29 is 4.52 Å². The summed E-state index contributed by atoms with van der Waals surface area (Å²) in [6.45, 7) is 1.92. The van der Waals surface area contributed by atoms with E-state index in [-0.39, 0.29) is 12.4 Å². The molecule has 0 unspecified atom stereocenters. The number of rotatable bonds is 3. The van der Waals surface area contributed by atoms with Crippen molar-refractivity contribution in [3.8, 4) is 17.3 Å². The predicted octanol–water partition coefficient (Wildman–Crippen LogP) is 2.39. The van der Waals surface area contributed by atoms with E-state index in [0.29, 0.717) is 17.4 Å². The van der Waals surface area contributed by atoms with Gasteiger partial charge in [-0.05, 0) is 38.3 Å². The molecule has 0 bridgehead atoms. The van der Waals surface area contributed by atoms with Crippen LogP contribution in [0.4, 0.5) is 0 Å². The third kappa shape index (κ3) is 2.51. The molecule has 0 spiro atoms. The molecule has 2 N–H and O–H groups in total. The number of hydrogen-bond donors (Lipinski definition) is 1. The van der Waals surface area contributed by atoms with Gasteiger partial charge in [0.1, 0.15) is 0 Å². The van der Waals surface area contributed by atoms with E-state index in [1.54, 1.807) is 4.68 Å². The molecule has 23 heavy (non-hydrogen) atoms. The monoisotopic (exact) mass is 332 g/mol. The van der Waals surface area contributed by atoms with Gasteiger partial charge < -0.3 is 10.3 Å². The molecule has 1 saturated carbocycles. The van der Waals surface area contributed by atoms with Crippen LogP contribution < -0.4 is 5.73 Å². The molecule has 120 valence electrons. The molecule has 7 nitrogen and oxygen atoms in total. The summed E-state index contributed by atoms with van der Waals surface area (Å²) in [5.74, 6) is 0.925. The lowest BCUT2D eigenvalue weighted by molar-refractivity contribution is 0.229. The average Bonchev–Trinajstić information content (AvgIpc) is 3.12. The van der Waals surface area contributed by atoms with Crippen molar-refractivity contribution in [1.82, 2.24) is 25.1 Å². The number of para-hydroxylation sites is 1. The minimum atomic E-state index is -0.439. The Hall–Kier alpha value is -2.25. The Balaban J connectivity index is 0.00000156. The van der Waals surface area contributed by atoms with Crippen molar-refractivity contribution in [2.75, 3.05) is 0 Å². The molecular formula is C15H17ClN6O. The van der Waals surface area contributed by atoms with Crippen LogP contribution >= 0.6 is 12.4 Å². The van der Waals surface area contributed by atoms with E-state index in [4.69, 9.17) is 10.3 Å². The molecule has 0 atom stereocenters. The van der Waals surface area contributed by atoms with Crippen molar-refractivity contribution in [3.05, 3.63) is 41.9 Å². The second-order valence-corrected chi connectivity index (χ2v) is 5.70. The molecule has 1 aliphatic carbocycles. The highest BCUT2D eigenvalue weighted by molar-refractivity contribution is 5.85. The number of halogens is 1. The number of nitrogens with two attached hydrogens (primary N) is 1. The van der Waals surface area contributed by atoms with Gasteiger partial charge in [0.2, 0.25) is 0 Å². The molecule has 1 fully saturated rings. The summed E-state index contributed by atoms with van der Waals surface area (Å²) in [7, 11) is 0. The van der Waals surface area contributed by atoms with E-state index in [1.807, 2.05) is 37.3 Å². The van der Waals surface area contributed by atoms with E-state index in [1.165, 1.54) is 0 Å². The van der Waals surface area contributed by atoms with Crippen LogP contribution in [0.1, 0.15) is 30.8 Å². The minimum Gasteiger partial charge on any atom is -0.332 e. The predicted molar refractivity (Wildman–Crippen MR) is 86.4 cm³/mol. The van der Waals surface area contributed by atoms with Crippen LogP contribution in [0.15, 0.2) is 34.9 Å². The Morgan fingerprint density at radius 2 is 1.96 bits per heavy atom. The van der Waals surface area contributed by atoms with Gasteiger partial charge in [0.25, 0.3) is 5.89 Å². The second kappa shape index (κ2) is 5.75. The summed E-state index contributed by atoms with van der Waals surface area (Å²) >= 11 is 0. The fourth-order valence-electron chi connectivity index (χ4n) is 2.64. The van der Waals surface area contributed by atoms with Crippen LogP contribution in [0, 0.1) is 6.92 Å². The maximum Gasteiger partial charge on any atom is 0.280 e. The molecule has 8 heteroatoms. The first-order valence-corrected chi connectivity index (χ1v) is 7.28. The fraction of sp³-hybridized carbons (Fsp3) is 0.333. The molecule has 2 heterocycles. The van der Waals surface area contributed by atoms with Crippen LogP contribution in [-0.2, 0) is 5.54 Å². The maximum atomic E-state index is 6.22. The molecule has 4 rings (SSSR count). The van der Waals surface area contributed by atoms with Gasteiger partial charge in [0.15, 0.2) is 11.5 Å². The Labute approximate surface area is 139 Å². The number of hydrogen-bond acceptors (Lipinski definition) is 6. The van der Waals surface area contributed by atoms with Crippen molar-refractivity contribution in [2.24, 2.45) is 5.73 Å². The summed E-state index contributed by atoms with van der Waals surface area (Å²) < 4.78 is 7.10. The number of aromatic nitrogens is 5. The smallest absolute Gasteiger partial charge is 0.280 e. The largest absolute Gasteiger partial charge is 0.332 e. The highest BCUT2D eigenvalue weighted by Crippen LogP contribution is 2.37. The highest BCUT2D eigenvalue weighted by atomic mass is 35.5. The van der Waals surface area contributed by atoms with Crippen LogP contribution in [0.3, 0.4) is 0 Å². The Morgan fingerprint density at radius 3 is 2.61 bits per heavy atom. The zero-order valence-corrected chi connectivity index (χ0v) is 13.5. The van der Waals surface area contributed by atoms with Crippen molar-refractivity contribution in [2.45, 2.75) is 31.7 Å². The van der Waals surface area contributed by atoms with Gasteiger partial charge in [-0.25, -0.2) is 4.68 Å². The van der Waals surface area contributed by atoms with Crippen LogP contribution in [0.5, 0.6) is 0 Å². The van der Waals surface area contributed by atoms with Crippen molar-refractivity contribution in [1.29, 1.82) is 0 Å². The van der Waals surface area contributed by atoms with Gasteiger partial charge in [-0.2, -0.15) is 4.98 Å². The topological polar surface area (TPSA) is 95.7 Å². The van der Waals surface area contributed by atoms with E-state index < -0.39 is 5.54 Å². The summed E-state index contributed by atoms with van der Waals surface area (Å²) in [5, 5.41) is 12.4. The average molecular weight is 333 g/mol. The summed E-state index contributed by atoms with van der Waals surface area (Å²) in [6.07, 6.45) is 2.88. The SMILES string of the molecule is Cc1c(-c2nc(C3(N)CCC3)no2)nnn1-c1ccccc1.Cl. The minimum absolute atomic E-state index is 0. The van der Waals surface area contributed by atoms with E-state index in [2.05, 4.69) is 20.5 Å². The normalized spacial score (nSPS) is 15.7. The molecule has 0 aliphatic heterocycles. The van der Waals surface area contributed by atoms with Gasteiger partial charge in [-0.15, -0.1) is 17.5 Å². The molecule has 3 aromatic rings. The molecule has 0 saturated heterocycles. The molecule has 0 radical (unpaired) electrons. The zero-order chi connectivity index (χ0) is 15.2. The standard InChI is InChI=1S/C15H16N6O.ClH/c1-10-12(18-20-21(10)11-6-3-2-4-7-11)13-17-14(19-22-13)15(16)8-5-9-15;/h2-4,6-7H,5,8-9,16H2,1H3;1H. The number of nitrogens with zero attached hydrogens (tertiary/aromatic N) is 5. The lowest BCUT2D eigenvalue weighted by atomic mass is 9.77. The first kappa shape index (κ1) is 15.6. The van der Waals surface area contributed by atoms with Crippen LogP contribution in [-0.4, -0.2) is 25.1 Å². The maximum absolute atomic E-state index is 6.22. The van der Waals surface area contributed by atoms with Gasteiger partial charge in [0.05, 0.1) is 16.9 Å². The molecule has 2 aromatic heterocycles. The Bertz CT molecular complexity index is 808. The molecule has 1 aliphatic rings. The first-order chi connectivity index (χ1) is 10.7. The van der Waals surface area contributed by atoms with Gasteiger partial charge in [-0.3, -0.25) is 0 Å². The van der Waals surface area contributed by atoms with Crippen LogP contribution in [0.2, 0.25) is 0 Å². The lowest BCUT2D eigenvalue weighted by Crippen LogP contribution is -2.44. The van der Waals surface area contributed by atoms with Crippen molar-refractivity contribution >= 4 is 12.4 Å². The molecule has 0 amide bonds. The summed E-state index contributed by atoms with van der Waals surface area (Å²) in [4.78, 5) is 4.42. The third-order valence-corrected chi connectivity index (χ3v) is 4.22. The number of benzene rings is 1. The quantitative estimate of drug-likeness (QED) is 0.791. The van der Waals surface area contributed by atoms with Crippen LogP contribution in [0.25, 0.3) is 17.3 Å². The van der Waals surface area contributed by atoms with Gasteiger partial charge >= 0.3 is 0 Å². The summed E-state index contributed by atoms with van der Waals surface area (Å²) in [5.41, 5.74) is 8.16. The van der Waals surface area contributed by atoms with Crippen molar-refractivity contribution in [3.63, 3.8) is 0 Å². The van der Waals surface area contributed by atoms with E-state index in [0.717, 1.165) is 30.6 Å². The lowest BCUT2D eigenvalue weighted by Gasteiger charge is -2.34. The van der Waals surface area contributed by atoms with Gasteiger partial charge in [0, 0.05) is 0 Å².